The molecule has 0 saturated carbocycles. The number of hydrogen-bond acceptors (Lipinski definition) is 3. The predicted molar refractivity (Wildman–Crippen MR) is 51.4 cm³/mol. The summed E-state index contributed by atoms with van der Waals surface area (Å²) in [6.45, 7) is 7.62. The monoisotopic (exact) mass is 185 g/mol. The van der Waals surface area contributed by atoms with Gasteiger partial charge in [-0.3, -0.25) is 4.79 Å². The van der Waals surface area contributed by atoms with Crippen LogP contribution in [0.2, 0.25) is 0 Å². The minimum absolute atomic E-state index is 0.000731. The molecule has 0 unspecified atom stereocenters. The lowest BCUT2D eigenvalue weighted by molar-refractivity contribution is -0.160. The Balaban J connectivity index is 2.51. The number of rotatable bonds is 2. The van der Waals surface area contributed by atoms with Crippen molar-refractivity contribution in [3.8, 4) is 0 Å². The summed E-state index contributed by atoms with van der Waals surface area (Å²) in [6.07, 6.45) is 1.77. The first kappa shape index (κ1) is 10.5. The molecular weight excluding hydrogens is 166 g/mol. The molecule has 0 aromatic carbocycles. The lowest BCUT2D eigenvalue weighted by atomic mass is 9.81. The van der Waals surface area contributed by atoms with Gasteiger partial charge in [0, 0.05) is 0 Å². The van der Waals surface area contributed by atoms with E-state index in [-0.39, 0.29) is 17.5 Å². The zero-order valence-electron chi connectivity index (χ0n) is 8.72. The first-order valence-electron chi connectivity index (χ1n) is 4.96. The van der Waals surface area contributed by atoms with Crippen molar-refractivity contribution in [2.75, 3.05) is 13.1 Å². The van der Waals surface area contributed by atoms with Crippen LogP contribution in [0, 0.1) is 5.41 Å². The van der Waals surface area contributed by atoms with Crippen LogP contribution in [-0.2, 0) is 9.53 Å². The van der Waals surface area contributed by atoms with Gasteiger partial charge in [0.15, 0.2) is 0 Å². The van der Waals surface area contributed by atoms with Gasteiger partial charge in [-0.15, -0.1) is 0 Å². The summed E-state index contributed by atoms with van der Waals surface area (Å²) in [4.78, 5) is 11.7. The fourth-order valence-corrected chi connectivity index (χ4v) is 1.54. The van der Waals surface area contributed by atoms with Crippen molar-refractivity contribution in [2.24, 2.45) is 5.41 Å². The molecule has 0 bridgehead atoms. The summed E-state index contributed by atoms with van der Waals surface area (Å²) in [6, 6.07) is 0. The summed E-state index contributed by atoms with van der Waals surface area (Å²) >= 11 is 0. The highest BCUT2D eigenvalue weighted by Gasteiger charge is 2.36. The van der Waals surface area contributed by atoms with Gasteiger partial charge in [-0.25, -0.2) is 0 Å². The molecule has 3 nitrogen and oxygen atoms in total. The van der Waals surface area contributed by atoms with E-state index >= 15 is 0 Å². The number of carbonyl (C=O) groups is 1. The van der Waals surface area contributed by atoms with Crippen LogP contribution < -0.4 is 5.32 Å². The van der Waals surface area contributed by atoms with Crippen molar-refractivity contribution < 1.29 is 9.53 Å². The van der Waals surface area contributed by atoms with Gasteiger partial charge in [-0.1, -0.05) is 0 Å². The second-order valence-electron chi connectivity index (χ2n) is 4.26. The summed E-state index contributed by atoms with van der Waals surface area (Å²) in [5, 5.41) is 3.24. The van der Waals surface area contributed by atoms with Crippen molar-refractivity contribution in [3.63, 3.8) is 0 Å². The van der Waals surface area contributed by atoms with Crippen LogP contribution in [-0.4, -0.2) is 25.2 Å². The fraction of sp³-hybridized carbons (Fsp3) is 0.900. The third-order valence-corrected chi connectivity index (χ3v) is 2.54. The Morgan fingerprint density at radius 2 is 1.92 bits per heavy atom. The molecule has 1 heterocycles. The third kappa shape index (κ3) is 2.69. The normalized spacial score (nSPS) is 21.5. The highest BCUT2D eigenvalue weighted by atomic mass is 16.5. The lowest BCUT2D eigenvalue weighted by Gasteiger charge is -2.32. The molecular formula is C10H19NO2. The fourth-order valence-electron chi connectivity index (χ4n) is 1.54. The van der Waals surface area contributed by atoms with Crippen LogP contribution in [0.5, 0.6) is 0 Å². The topological polar surface area (TPSA) is 38.3 Å². The Bertz CT molecular complexity index is 183. The molecule has 0 aliphatic carbocycles. The highest BCUT2D eigenvalue weighted by molar-refractivity contribution is 5.76. The second-order valence-corrected chi connectivity index (χ2v) is 4.26. The molecule has 0 aromatic rings. The van der Waals surface area contributed by atoms with Crippen LogP contribution in [0.25, 0.3) is 0 Å². The van der Waals surface area contributed by atoms with Crippen molar-refractivity contribution in [2.45, 2.75) is 39.7 Å². The van der Waals surface area contributed by atoms with E-state index in [0.717, 1.165) is 25.9 Å². The summed E-state index contributed by atoms with van der Waals surface area (Å²) < 4.78 is 5.23. The molecule has 1 N–H and O–H groups in total. The minimum Gasteiger partial charge on any atom is -0.463 e. The van der Waals surface area contributed by atoms with E-state index in [4.69, 9.17) is 4.74 Å². The molecule has 1 rings (SSSR count). The average molecular weight is 185 g/mol. The minimum atomic E-state index is -0.254. The molecule has 1 saturated heterocycles. The van der Waals surface area contributed by atoms with Crippen LogP contribution >= 0.6 is 0 Å². The van der Waals surface area contributed by atoms with E-state index in [1.54, 1.807) is 0 Å². The van der Waals surface area contributed by atoms with Gasteiger partial charge in [0.1, 0.15) is 0 Å². The number of esters is 1. The highest BCUT2D eigenvalue weighted by Crippen LogP contribution is 2.29. The maximum atomic E-state index is 11.7. The van der Waals surface area contributed by atoms with Crippen LogP contribution in [0.15, 0.2) is 0 Å². The molecule has 0 atom stereocenters. The van der Waals surface area contributed by atoms with Crippen molar-refractivity contribution in [1.82, 2.24) is 5.32 Å². The van der Waals surface area contributed by atoms with Crippen LogP contribution in [0.4, 0.5) is 0 Å². The molecule has 1 aliphatic rings. The van der Waals surface area contributed by atoms with Gasteiger partial charge in [0.05, 0.1) is 11.5 Å². The number of nitrogens with one attached hydrogen (secondary N) is 1. The van der Waals surface area contributed by atoms with E-state index in [0.29, 0.717) is 0 Å². The largest absolute Gasteiger partial charge is 0.463 e. The average Bonchev–Trinajstić information content (AvgIpc) is 2.04. The number of hydrogen-bond donors (Lipinski definition) is 1. The lowest BCUT2D eigenvalue weighted by Crippen LogP contribution is -2.41. The Morgan fingerprint density at radius 1 is 1.38 bits per heavy atom. The van der Waals surface area contributed by atoms with Gasteiger partial charge in [-0.2, -0.15) is 0 Å². The zero-order chi connectivity index (χ0) is 9.90. The molecule has 1 fully saturated rings. The zero-order valence-corrected chi connectivity index (χ0v) is 8.72. The predicted octanol–water partition coefficient (Wildman–Crippen LogP) is 1.33. The van der Waals surface area contributed by atoms with E-state index in [2.05, 4.69) is 5.32 Å². The Morgan fingerprint density at radius 3 is 2.38 bits per heavy atom. The summed E-state index contributed by atoms with van der Waals surface area (Å²) in [7, 11) is 0. The first-order chi connectivity index (χ1) is 6.04. The molecule has 0 radical (unpaired) electrons. The summed E-state index contributed by atoms with van der Waals surface area (Å²) in [5.41, 5.74) is -0.254. The SMILES string of the molecule is CC(C)OC(=O)C1(C)CCNCC1. The molecule has 3 heteroatoms. The Hall–Kier alpha value is -0.570. The standard InChI is InChI=1S/C10H19NO2/c1-8(2)13-9(12)10(3)4-6-11-7-5-10/h8,11H,4-7H2,1-3H3. The maximum absolute atomic E-state index is 11.7. The quantitative estimate of drug-likeness (QED) is 0.659. The first-order valence-corrected chi connectivity index (χ1v) is 4.96. The number of piperidine rings is 1. The van der Waals surface area contributed by atoms with Crippen molar-refractivity contribution in [3.05, 3.63) is 0 Å². The van der Waals surface area contributed by atoms with Crippen LogP contribution in [0.1, 0.15) is 33.6 Å². The van der Waals surface area contributed by atoms with Gasteiger partial charge in [-0.05, 0) is 46.7 Å². The van der Waals surface area contributed by atoms with Gasteiger partial charge >= 0.3 is 5.97 Å². The molecule has 0 aromatic heterocycles. The van der Waals surface area contributed by atoms with Crippen LogP contribution in [0.3, 0.4) is 0 Å². The molecule has 1 aliphatic heterocycles. The smallest absolute Gasteiger partial charge is 0.312 e. The van der Waals surface area contributed by atoms with E-state index in [9.17, 15) is 4.79 Å². The van der Waals surface area contributed by atoms with Gasteiger partial charge in [0.25, 0.3) is 0 Å². The molecule has 76 valence electrons. The number of ether oxygens (including phenoxy) is 1. The van der Waals surface area contributed by atoms with E-state index in [1.165, 1.54) is 0 Å². The maximum Gasteiger partial charge on any atom is 0.312 e. The van der Waals surface area contributed by atoms with E-state index < -0.39 is 0 Å². The van der Waals surface area contributed by atoms with E-state index in [1.807, 2.05) is 20.8 Å². The Labute approximate surface area is 79.8 Å². The molecule has 13 heavy (non-hydrogen) atoms. The second kappa shape index (κ2) is 4.09. The third-order valence-electron chi connectivity index (χ3n) is 2.54. The van der Waals surface area contributed by atoms with Crippen molar-refractivity contribution >= 4 is 5.97 Å². The van der Waals surface area contributed by atoms with Gasteiger partial charge in [0.2, 0.25) is 0 Å². The molecule has 0 spiro atoms. The van der Waals surface area contributed by atoms with Gasteiger partial charge < -0.3 is 10.1 Å². The Kier molecular flexibility index (Phi) is 3.31. The number of carbonyl (C=O) groups excluding carboxylic acids is 1. The molecule has 0 amide bonds. The van der Waals surface area contributed by atoms with Crippen molar-refractivity contribution in [1.29, 1.82) is 0 Å². The summed E-state index contributed by atoms with van der Waals surface area (Å²) in [5.74, 6) is -0.0380.